The van der Waals surface area contributed by atoms with Crippen LogP contribution in [0.4, 0.5) is 0 Å². The lowest BCUT2D eigenvalue weighted by Gasteiger charge is -2.19. The highest BCUT2D eigenvalue weighted by Gasteiger charge is 2.33. The van der Waals surface area contributed by atoms with Crippen LogP contribution in [0.2, 0.25) is 0 Å². The van der Waals surface area contributed by atoms with Crippen LogP contribution >= 0.6 is 0 Å². The van der Waals surface area contributed by atoms with Crippen LogP contribution in [0.25, 0.3) is 67.2 Å². The van der Waals surface area contributed by atoms with E-state index in [1.165, 1.54) is 39.5 Å². The minimum Gasteiger partial charge on any atom is -0.479 e. The van der Waals surface area contributed by atoms with Crippen molar-refractivity contribution in [2.45, 2.75) is 0 Å². The van der Waals surface area contributed by atoms with Crippen LogP contribution in [0.5, 0.6) is 17.6 Å². The third-order valence-corrected chi connectivity index (χ3v) is 12.1. The summed E-state index contributed by atoms with van der Waals surface area (Å²) in [6, 6.07) is 60.5. The molecule has 0 spiro atoms. The molecule has 0 fully saturated rings. The van der Waals surface area contributed by atoms with Gasteiger partial charge in [0.15, 0.2) is 17.3 Å². The SMILES string of the molecule is COc1nnc(-c2ccccc2)c(-c2ccccc2)c1C(=O)c1cc(C(=O)c2c(OC)nnc(-c3ccccc3)c2-c2ccccc2)cc(C(=O)c2c(OC)nnc(-c3ccccc3)c2-c2ccccc2)c1. The van der Waals surface area contributed by atoms with Gasteiger partial charge in [0, 0.05) is 50.1 Å². The molecule has 0 radical (unpaired) electrons. The van der Waals surface area contributed by atoms with E-state index in [2.05, 4.69) is 30.6 Å². The highest BCUT2D eigenvalue weighted by molar-refractivity contribution is 6.23. The first-order valence-electron chi connectivity index (χ1n) is 22.8. The maximum absolute atomic E-state index is 15.9. The molecular formula is C60H42N6O6. The summed E-state index contributed by atoms with van der Waals surface area (Å²) in [5, 5.41) is 27.1. The largest absolute Gasteiger partial charge is 0.479 e. The zero-order valence-electron chi connectivity index (χ0n) is 39.2. The molecule has 348 valence electrons. The third-order valence-electron chi connectivity index (χ3n) is 12.1. The summed E-state index contributed by atoms with van der Waals surface area (Å²) in [6.07, 6.45) is 0. The molecule has 0 amide bonds. The zero-order chi connectivity index (χ0) is 49.6. The minimum atomic E-state index is -0.609. The number of aromatic nitrogens is 6. The molecule has 0 unspecified atom stereocenters. The van der Waals surface area contributed by atoms with Crippen molar-refractivity contribution in [3.8, 4) is 84.8 Å². The van der Waals surface area contributed by atoms with Crippen molar-refractivity contribution in [2.75, 3.05) is 21.3 Å². The lowest BCUT2D eigenvalue weighted by molar-refractivity contribution is 0.103. The Balaban J connectivity index is 1.27. The molecule has 7 aromatic carbocycles. The number of benzene rings is 7. The van der Waals surface area contributed by atoms with Gasteiger partial charge in [-0.3, -0.25) is 14.4 Å². The topological polar surface area (TPSA) is 156 Å². The summed E-state index contributed by atoms with van der Waals surface area (Å²) in [6.45, 7) is 0. The quantitative estimate of drug-likeness (QED) is 0.0898. The van der Waals surface area contributed by atoms with Gasteiger partial charge in [0.25, 0.3) is 0 Å². The van der Waals surface area contributed by atoms with Crippen LogP contribution in [-0.4, -0.2) is 69.3 Å². The normalized spacial score (nSPS) is 10.9. The van der Waals surface area contributed by atoms with Crippen LogP contribution in [0.1, 0.15) is 47.8 Å². The second-order valence-electron chi connectivity index (χ2n) is 16.4. The summed E-state index contributed by atoms with van der Waals surface area (Å²) in [7, 11) is 4.22. The molecule has 0 saturated carbocycles. The van der Waals surface area contributed by atoms with E-state index in [0.29, 0.717) is 67.2 Å². The van der Waals surface area contributed by atoms with Crippen molar-refractivity contribution in [1.29, 1.82) is 0 Å². The molecular weight excluding hydrogens is 901 g/mol. The second kappa shape index (κ2) is 20.4. The number of rotatable bonds is 15. The van der Waals surface area contributed by atoms with Crippen molar-refractivity contribution >= 4 is 17.3 Å². The molecule has 0 atom stereocenters. The van der Waals surface area contributed by atoms with Gasteiger partial charge in [-0.25, -0.2) is 0 Å². The standard InChI is InChI=1S/C60H42N6O6/c1-70-58-49(46(37-22-10-4-11-23-37)52(61-64-58)40-28-16-7-17-29-40)55(67)43-34-44(56(68)50-47(38-24-12-5-13-25-38)53(62-65-59(50)71-2)41-30-18-8-19-31-41)36-45(35-43)57(69)51-48(39-26-14-6-15-27-39)54(63-66-60(51)72-3)42-32-20-9-21-33-42/h4-36H,1-3H3. The minimum absolute atomic E-state index is 0.0391. The molecule has 72 heavy (non-hydrogen) atoms. The number of carbonyl (C=O) groups is 3. The van der Waals surface area contributed by atoms with Crippen LogP contribution in [-0.2, 0) is 0 Å². The third kappa shape index (κ3) is 8.76. The Morgan fingerprint density at radius 3 is 0.708 bits per heavy atom. The Morgan fingerprint density at radius 1 is 0.292 bits per heavy atom. The van der Waals surface area contributed by atoms with Crippen LogP contribution in [0, 0.1) is 0 Å². The predicted molar refractivity (Wildman–Crippen MR) is 275 cm³/mol. The number of hydrogen-bond acceptors (Lipinski definition) is 12. The molecule has 10 aromatic rings. The highest BCUT2D eigenvalue weighted by Crippen LogP contribution is 2.42. The number of ketones is 3. The predicted octanol–water partition coefficient (Wildman–Crippen LogP) is 11.8. The van der Waals surface area contributed by atoms with Gasteiger partial charge >= 0.3 is 0 Å². The molecule has 12 heteroatoms. The van der Waals surface area contributed by atoms with Crippen LogP contribution < -0.4 is 14.2 Å². The van der Waals surface area contributed by atoms with Gasteiger partial charge in [-0.15, -0.1) is 30.6 Å². The van der Waals surface area contributed by atoms with Crippen LogP contribution in [0.3, 0.4) is 0 Å². The molecule has 0 N–H and O–H groups in total. The first-order valence-corrected chi connectivity index (χ1v) is 22.8. The number of nitrogens with zero attached hydrogens (tertiary/aromatic N) is 6. The van der Waals surface area contributed by atoms with Gasteiger partial charge in [-0.2, -0.15) is 0 Å². The van der Waals surface area contributed by atoms with E-state index in [4.69, 9.17) is 14.2 Å². The number of carbonyl (C=O) groups excluding carboxylic acids is 3. The molecule has 0 saturated heterocycles. The molecule has 3 heterocycles. The van der Waals surface area contributed by atoms with E-state index in [1.807, 2.05) is 182 Å². The van der Waals surface area contributed by atoms with E-state index in [1.54, 1.807) is 0 Å². The van der Waals surface area contributed by atoms with Gasteiger partial charge in [-0.1, -0.05) is 182 Å². The van der Waals surface area contributed by atoms with Gasteiger partial charge < -0.3 is 14.2 Å². The van der Waals surface area contributed by atoms with Crippen molar-refractivity contribution < 1.29 is 28.6 Å². The molecule has 10 rings (SSSR count). The summed E-state index contributed by atoms with van der Waals surface area (Å²) < 4.78 is 17.5. The lowest BCUT2D eigenvalue weighted by atomic mass is 9.86. The average Bonchev–Trinajstić information content (AvgIpc) is 3.46. The van der Waals surface area contributed by atoms with E-state index in [9.17, 15) is 0 Å². The van der Waals surface area contributed by atoms with Crippen LogP contribution in [0.15, 0.2) is 200 Å². The van der Waals surface area contributed by atoms with Gasteiger partial charge in [0.05, 0.1) is 38.0 Å². The average molecular weight is 943 g/mol. The molecule has 0 bridgehead atoms. The Morgan fingerprint density at radius 2 is 0.500 bits per heavy atom. The Hall–Kier alpha value is -9.81. The Bertz CT molecular complexity index is 3230. The van der Waals surface area contributed by atoms with Gasteiger partial charge in [-0.05, 0) is 34.9 Å². The Labute approximate surface area is 414 Å². The maximum atomic E-state index is 15.9. The second-order valence-corrected chi connectivity index (χ2v) is 16.4. The molecule has 3 aromatic heterocycles. The fourth-order valence-electron chi connectivity index (χ4n) is 8.83. The van der Waals surface area contributed by atoms with Gasteiger partial charge in [0.2, 0.25) is 17.6 Å². The highest BCUT2D eigenvalue weighted by atomic mass is 16.5. The van der Waals surface area contributed by atoms with E-state index >= 15 is 14.4 Å². The fraction of sp³-hybridized carbons (Fsp3) is 0.0500. The van der Waals surface area contributed by atoms with E-state index < -0.39 is 17.3 Å². The molecule has 0 aliphatic rings. The summed E-state index contributed by atoms with van der Waals surface area (Å²) >= 11 is 0. The van der Waals surface area contributed by atoms with E-state index in [-0.39, 0.29) is 51.0 Å². The zero-order valence-corrected chi connectivity index (χ0v) is 39.2. The lowest BCUT2D eigenvalue weighted by Crippen LogP contribution is -2.16. The Kier molecular flexibility index (Phi) is 13.0. The first-order chi connectivity index (χ1) is 35.4. The first kappa shape index (κ1) is 45.9. The summed E-state index contributed by atoms with van der Waals surface area (Å²) in [5.74, 6) is -2.03. The van der Waals surface area contributed by atoms with Crippen molar-refractivity contribution in [2.24, 2.45) is 0 Å². The molecule has 0 aliphatic carbocycles. The number of hydrogen-bond donors (Lipinski definition) is 0. The van der Waals surface area contributed by atoms with E-state index in [0.717, 1.165) is 0 Å². The van der Waals surface area contributed by atoms with Crippen molar-refractivity contribution in [3.63, 3.8) is 0 Å². The maximum Gasteiger partial charge on any atom is 0.245 e. The molecule has 12 nitrogen and oxygen atoms in total. The number of ether oxygens (including phenoxy) is 3. The summed E-state index contributed by atoms with van der Waals surface area (Å²) in [4.78, 5) is 47.6. The monoisotopic (exact) mass is 942 g/mol. The van der Waals surface area contributed by atoms with Gasteiger partial charge in [0.1, 0.15) is 17.1 Å². The van der Waals surface area contributed by atoms with Crippen molar-refractivity contribution in [1.82, 2.24) is 30.6 Å². The fourth-order valence-corrected chi connectivity index (χ4v) is 8.83. The smallest absolute Gasteiger partial charge is 0.245 e. The van der Waals surface area contributed by atoms with Crippen molar-refractivity contribution in [3.05, 3.63) is 234 Å². The molecule has 0 aliphatic heterocycles. The summed E-state index contributed by atoms with van der Waals surface area (Å²) in [5.41, 5.74) is 6.62. The number of methoxy groups -OCH3 is 3.